The van der Waals surface area contributed by atoms with Crippen LogP contribution in [0.5, 0.6) is 0 Å². The van der Waals surface area contributed by atoms with Gasteiger partial charge in [-0.1, -0.05) is 32.0 Å². The van der Waals surface area contributed by atoms with Crippen LogP contribution in [0, 0.1) is 11.8 Å². The quantitative estimate of drug-likeness (QED) is 0.559. The molecule has 0 bridgehead atoms. The number of hydrogen-bond acceptors (Lipinski definition) is 2. The molecule has 0 aromatic carbocycles. The molecule has 2 heteroatoms. The van der Waals surface area contributed by atoms with E-state index in [9.17, 15) is 4.79 Å². The largest absolute Gasteiger partial charge is 0.287 e. The molecule has 2 atom stereocenters. The molecule has 0 amide bonds. The maximum atomic E-state index is 10.9. The van der Waals surface area contributed by atoms with Gasteiger partial charge in [0.1, 0.15) is 0 Å². The Morgan fingerprint density at radius 1 is 1.78 bits per heavy atom. The van der Waals surface area contributed by atoms with Crippen molar-refractivity contribution in [1.82, 2.24) is 0 Å². The topological polar surface area (TPSA) is 17.1 Å². The minimum Gasteiger partial charge on any atom is -0.287 e. The predicted octanol–water partition coefficient (Wildman–Crippen LogP) is 1.92. The molecule has 0 saturated carbocycles. The van der Waals surface area contributed by atoms with Crippen molar-refractivity contribution in [3.63, 3.8) is 0 Å². The van der Waals surface area contributed by atoms with Crippen molar-refractivity contribution in [2.45, 2.75) is 20.3 Å². The third-order valence-corrected chi connectivity index (χ3v) is 3.29. The van der Waals surface area contributed by atoms with Gasteiger partial charge in [-0.2, -0.15) is 0 Å². The van der Waals surface area contributed by atoms with Gasteiger partial charge in [0.05, 0.1) is 0 Å². The number of carbonyl (C=O) groups excluding carboxylic acids is 1. The third-order valence-electron chi connectivity index (χ3n) is 2.04. The zero-order valence-corrected chi connectivity index (χ0v) is 6.70. The molecule has 0 spiro atoms. The Balaban J connectivity index is 2.51. The fourth-order valence-electron chi connectivity index (χ4n) is 1.13. The van der Waals surface area contributed by atoms with Gasteiger partial charge in [-0.25, -0.2) is 0 Å². The van der Waals surface area contributed by atoms with Crippen molar-refractivity contribution >= 4 is 16.9 Å². The molecule has 1 rings (SSSR count). The SMILES string of the molecule is CCC1CSC(=O)C1C. The second-order valence-corrected chi connectivity index (χ2v) is 3.61. The average Bonchev–Trinajstić information content (AvgIpc) is 2.15. The van der Waals surface area contributed by atoms with Gasteiger partial charge in [-0.05, 0) is 5.92 Å². The van der Waals surface area contributed by atoms with Crippen molar-refractivity contribution in [2.75, 3.05) is 5.75 Å². The molecule has 52 valence electrons. The summed E-state index contributed by atoms with van der Waals surface area (Å²) >= 11 is 1.50. The maximum Gasteiger partial charge on any atom is 0.192 e. The molecule has 1 nitrogen and oxygen atoms in total. The highest BCUT2D eigenvalue weighted by molar-refractivity contribution is 8.14. The lowest BCUT2D eigenvalue weighted by Crippen LogP contribution is -2.09. The summed E-state index contributed by atoms with van der Waals surface area (Å²) in [7, 11) is 0. The van der Waals surface area contributed by atoms with Crippen LogP contribution in [0.15, 0.2) is 0 Å². The summed E-state index contributed by atoms with van der Waals surface area (Å²) in [5, 5.41) is 0.391. The van der Waals surface area contributed by atoms with E-state index in [1.54, 1.807) is 0 Å². The summed E-state index contributed by atoms with van der Waals surface area (Å²) in [5.74, 6) is 2.03. The van der Waals surface area contributed by atoms with E-state index in [1.165, 1.54) is 11.8 Å². The van der Waals surface area contributed by atoms with Crippen LogP contribution in [0.1, 0.15) is 20.3 Å². The molecule has 2 unspecified atom stereocenters. The maximum absolute atomic E-state index is 10.9. The summed E-state index contributed by atoms with van der Waals surface area (Å²) in [6.07, 6.45) is 1.15. The van der Waals surface area contributed by atoms with Crippen LogP contribution in [0.2, 0.25) is 0 Å². The molecule has 0 aliphatic carbocycles. The highest BCUT2D eigenvalue weighted by Crippen LogP contribution is 2.32. The van der Waals surface area contributed by atoms with Crippen molar-refractivity contribution in [2.24, 2.45) is 11.8 Å². The zero-order valence-electron chi connectivity index (χ0n) is 5.89. The summed E-state index contributed by atoms with van der Waals surface area (Å²) < 4.78 is 0. The van der Waals surface area contributed by atoms with Gasteiger partial charge in [-0.15, -0.1) is 0 Å². The van der Waals surface area contributed by atoms with Crippen LogP contribution >= 0.6 is 11.8 Å². The van der Waals surface area contributed by atoms with Crippen molar-refractivity contribution < 1.29 is 4.79 Å². The lowest BCUT2D eigenvalue weighted by atomic mass is 9.95. The molecule has 1 saturated heterocycles. The van der Waals surface area contributed by atoms with Gasteiger partial charge in [-0.3, -0.25) is 4.79 Å². The molecule has 0 radical (unpaired) electrons. The summed E-state index contributed by atoms with van der Waals surface area (Å²) in [6.45, 7) is 4.19. The Labute approximate surface area is 60.2 Å². The Morgan fingerprint density at radius 3 is 2.67 bits per heavy atom. The molecule has 1 aliphatic rings. The second-order valence-electron chi connectivity index (χ2n) is 2.59. The number of carbonyl (C=O) groups is 1. The molecule has 0 aromatic rings. The number of rotatable bonds is 1. The molecule has 0 N–H and O–H groups in total. The summed E-state index contributed by atoms with van der Waals surface area (Å²) in [6, 6.07) is 0. The first-order chi connectivity index (χ1) is 4.25. The fraction of sp³-hybridized carbons (Fsp3) is 0.857. The second kappa shape index (κ2) is 2.74. The summed E-state index contributed by atoms with van der Waals surface area (Å²) in [5.41, 5.74) is 0. The monoisotopic (exact) mass is 144 g/mol. The molecule has 0 aromatic heterocycles. The van der Waals surface area contributed by atoms with E-state index in [2.05, 4.69) is 6.92 Å². The first-order valence-corrected chi connectivity index (χ1v) is 4.41. The van der Waals surface area contributed by atoms with Crippen LogP contribution in [0.25, 0.3) is 0 Å². The smallest absolute Gasteiger partial charge is 0.192 e. The van der Waals surface area contributed by atoms with Gasteiger partial charge < -0.3 is 0 Å². The lowest BCUT2D eigenvalue weighted by molar-refractivity contribution is -0.114. The van der Waals surface area contributed by atoms with Gasteiger partial charge in [0.25, 0.3) is 0 Å². The fourth-order valence-corrected chi connectivity index (χ4v) is 2.49. The van der Waals surface area contributed by atoms with Crippen LogP contribution in [0.4, 0.5) is 0 Å². The number of thioether (sulfide) groups is 1. The Hall–Kier alpha value is 0.0200. The van der Waals surface area contributed by atoms with Crippen LogP contribution in [-0.2, 0) is 4.79 Å². The van der Waals surface area contributed by atoms with Crippen molar-refractivity contribution in [3.05, 3.63) is 0 Å². The molecule has 1 heterocycles. The molecular formula is C7H12OS. The Kier molecular flexibility index (Phi) is 2.17. The standard InChI is InChI=1S/C7H12OS/c1-3-6-4-9-7(8)5(6)2/h5-6H,3-4H2,1-2H3. The van der Waals surface area contributed by atoms with Gasteiger partial charge >= 0.3 is 0 Å². The van der Waals surface area contributed by atoms with E-state index in [1.807, 2.05) is 6.92 Å². The molecule has 1 fully saturated rings. The van der Waals surface area contributed by atoms with Crippen LogP contribution < -0.4 is 0 Å². The normalized spacial score (nSPS) is 35.6. The zero-order chi connectivity index (χ0) is 6.85. The number of hydrogen-bond donors (Lipinski definition) is 0. The lowest BCUT2D eigenvalue weighted by Gasteiger charge is -2.07. The van der Waals surface area contributed by atoms with E-state index >= 15 is 0 Å². The van der Waals surface area contributed by atoms with E-state index < -0.39 is 0 Å². The third kappa shape index (κ3) is 1.29. The van der Waals surface area contributed by atoms with Crippen molar-refractivity contribution in [3.8, 4) is 0 Å². The van der Waals surface area contributed by atoms with Crippen LogP contribution in [0.3, 0.4) is 0 Å². The minimum absolute atomic E-state index is 0.319. The first-order valence-electron chi connectivity index (χ1n) is 3.42. The Bertz CT molecular complexity index is 122. The highest BCUT2D eigenvalue weighted by atomic mass is 32.2. The van der Waals surface area contributed by atoms with Gasteiger partial charge in [0, 0.05) is 11.7 Å². The van der Waals surface area contributed by atoms with Gasteiger partial charge in [0.15, 0.2) is 5.12 Å². The average molecular weight is 144 g/mol. The Morgan fingerprint density at radius 2 is 2.44 bits per heavy atom. The molecule has 9 heavy (non-hydrogen) atoms. The van der Waals surface area contributed by atoms with Crippen LogP contribution in [-0.4, -0.2) is 10.9 Å². The highest BCUT2D eigenvalue weighted by Gasteiger charge is 2.29. The molecule has 1 aliphatic heterocycles. The van der Waals surface area contributed by atoms with E-state index in [0.717, 1.165) is 12.2 Å². The van der Waals surface area contributed by atoms with E-state index in [4.69, 9.17) is 0 Å². The van der Waals surface area contributed by atoms with E-state index in [-0.39, 0.29) is 0 Å². The van der Waals surface area contributed by atoms with E-state index in [0.29, 0.717) is 17.0 Å². The molecular weight excluding hydrogens is 132 g/mol. The van der Waals surface area contributed by atoms with Gasteiger partial charge in [0.2, 0.25) is 0 Å². The minimum atomic E-state index is 0.319. The first kappa shape index (κ1) is 7.13. The summed E-state index contributed by atoms with van der Waals surface area (Å²) in [4.78, 5) is 10.9. The van der Waals surface area contributed by atoms with Crippen molar-refractivity contribution in [1.29, 1.82) is 0 Å². The predicted molar refractivity (Wildman–Crippen MR) is 40.4 cm³/mol.